The first-order valence-corrected chi connectivity index (χ1v) is 6.46. The lowest BCUT2D eigenvalue weighted by molar-refractivity contribution is 0.592. The van der Waals surface area contributed by atoms with E-state index in [0.29, 0.717) is 6.04 Å². The molecular formula is C14H18N4. The van der Waals surface area contributed by atoms with E-state index < -0.39 is 0 Å². The molecule has 4 heteroatoms. The molecule has 2 heterocycles. The molecule has 0 saturated carbocycles. The van der Waals surface area contributed by atoms with E-state index >= 15 is 0 Å². The lowest BCUT2D eigenvalue weighted by atomic mass is 10.1. The van der Waals surface area contributed by atoms with E-state index in [-0.39, 0.29) is 0 Å². The van der Waals surface area contributed by atoms with Crippen molar-refractivity contribution in [2.75, 3.05) is 6.54 Å². The number of benzene rings is 1. The molecule has 2 aromatic rings. The quantitative estimate of drug-likeness (QED) is 0.878. The van der Waals surface area contributed by atoms with Gasteiger partial charge < -0.3 is 5.32 Å². The fraction of sp³-hybridized carbons (Fsp3) is 0.429. The summed E-state index contributed by atoms with van der Waals surface area (Å²) in [7, 11) is 0. The third kappa shape index (κ3) is 2.04. The Bertz CT molecular complexity index is 532. The molecule has 0 amide bonds. The number of hydrogen-bond acceptors (Lipinski definition) is 3. The Hall–Kier alpha value is -1.68. The molecule has 4 nitrogen and oxygen atoms in total. The molecule has 1 aliphatic rings. The molecule has 1 aliphatic heterocycles. The highest BCUT2D eigenvalue weighted by molar-refractivity contribution is 5.40. The molecule has 1 fully saturated rings. The molecular weight excluding hydrogens is 224 g/mol. The first kappa shape index (κ1) is 11.4. The highest BCUT2D eigenvalue weighted by Crippen LogP contribution is 2.24. The second-order valence-electron chi connectivity index (χ2n) is 5.05. The summed E-state index contributed by atoms with van der Waals surface area (Å²) in [6.45, 7) is 5.31. The third-order valence-corrected chi connectivity index (χ3v) is 3.43. The minimum absolute atomic E-state index is 0.341. The molecule has 1 saturated heterocycles. The van der Waals surface area contributed by atoms with Crippen LogP contribution in [0.1, 0.15) is 35.8 Å². The second kappa shape index (κ2) is 4.53. The van der Waals surface area contributed by atoms with Crippen molar-refractivity contribution >= 4 is 0 Å². The smallest absolute Gasteiger partial charge is 0.154 e. The molecule has 0 spiro atoms. The Kier molecular flexibility index (Phi) is 2.88. The molecule has 3 rings (SSSR count). The highest BCUT2D eigenvalue weighted by atomic mass is 15.3. The molecule has 1 N–H and O–H groups in total. The summed E-state index contributed by atoms with van der Waals surface area (Å²) in [6, 6.07) is 6.87. The summed E-state index contributed by atoms with van der Waals surface area (Å²) in [5.41, 5.74) is 3.69. The number of aryl methyl sites for hydroxylation is 2. The van der Waals surface area contributed by atoms with Crippen molar-refractivity contribution in [3.05, 3.63) is 41.5 Å². The van der Waals surface area contributed by atoms with Crippen molar-refractivity contribution < 1.29 is 0 Å². The minimum Gasteiger partial charge on any atom is -0.307 e. The van der Waals surface area contributed by atoms with Gasteiger partial charge in [0.15, 0.2) is 5.82 Å². The van der Waals surface area contributed by atoms with E-state index in [4.69, 9.17) is 0 Å². The van der Waals surface area contributed by atoms with Gasteiger partial charge in [-0.15, -0.1) is 10.2 Å². The second-order valence-corrected chi connectivity index (χ2v) is 5.05. The fourth-order valence-electron chi connectivity index (χ4n) is 2.68. The minimum atomic E-state index is 0.341. The van der Waals surface area contributed by atoms with Gasteiger partial charge in [-0.1, -0.05) is 6.07 Å². The van der Waals surface area contributed by atoms with Crippen LogP contribution < -0.4 is 5.32 Å². The normalized spacial score (nSPS) is 19.3. The van der Waals surface area contributed by atoms with Gasteiger partial charge in [0.25, 0.3) is 0 Å². The predicted octanol–water partition coefficient (Wildman–Crippen LogP) is 2.31. The Morgan fingerprint density at radius 2 is 2.00 bits per heavy atom. The van der Waals surface area contributed by atoms with Crippen LogP contribution in [-0.2, 0) is 0 Å². The molecule has 0 aliphatic carbocycles. The molecule has 1 unspecified atom stereocenters. The predicted molar refractivity (Wildman–Crippen MR) is 70.8 cm³/mol. The maximum absolute atomic E-state index is 4.28. The van der Waals surface area contributed by atoms with Crippen molar-refractivity contribution in [3.8, 4) is 5.69 Å². The Labute approximate surface area is 107 Å². The van der Waals surface area contributed by atoms with Gasteiger partial charge in [-0.3, -0.25) is 4.57 Å². The van der Waals surface area contributed by atoms with E-state index in [1.165, 1.54) is 17.5 Å². The first-order chi connectivity index (χ1) is 8.74. The van der Waals surface area contributed by atoms with Crippen LogP contribution >= 0.6 is 0 Å². The van der Waals surface area contributed by atoms with Crippen molar-refractivity contribution in [3.63, 3.8) is 0 Å². The van der Waals surface area contributed by atoms with Crippen molar-refractivity contribution in [2.24, 2.45) is 0 Å². The van der Waals surface area contributed by atoms with Crippen LogP contribution in [-0.4, -0.2) is 21.3 Å². The van der Waals surface area contributed by atoms with Crippen LogP contribution in [0.15, 0.2) is 24.5 Å². The monoisotopic (exact) mass is 242 g/mol. The van der Waals surface area contributed by atoms with Crippen LogP contribution in [0, 0.1) is 13.8 Å². The summed E-state index contributed by atoms with van der Waals surface area (Å²) in [5, 5.41) is 11.8. The van der Waals surface area contributed by atoms with Gasteiger partial charge in [0, 0.05) is 5.69 Å². The number of rotatable bonds is 2. The Morgan fingerprint density at radius 3 is 2.67 bits per heavy atom. The van der Waals surface area contributed by atoms with Gasteiger partial charge in [0.2, 0.25) is 0 Å². The molecule has 1 aromatic heterocycles. The SMILES string of the molecule is Cc1cc(C)cc(-n2cnnc2C2CCCN2)c1. The van der Waals surface area contributed by atoms with Gasteiger partial charge in [0.05, 0.1) is 6.04 Å². The lowest BCUT2D eigenvalue weighted by Gasteiger charge is -2.13. The van der Waals surface area contributed by atoms with E-state index in [1.54, 1.807) is 0 Å². The molecule has 0 bridgehead atoms. The van der Waals surface area contributed by atoms with Crippen LogP contribution in [0.2, 0.25) is 0 Å². The van der Waals surface area contributed by atoms with Crippen LogP contribution in [0.5, 0.6) is 0 Å². The number of aromatic nitrogens is 3. The standard InChI is InChI=1S/C14H18N4/c1-10-6-11(2)8-12(7-10)18-9-16-17-14(18)13-4-3-5-15-13/h6-9,13,15H,3-5H2,1-2H3. The van der Waals surface area contributed by atoms with E-state index in [0.717, 1.165) is 24.5 Å². The largest absolute Gasteiger partial charge is 0.307 e. The van der Waals surface area contributed by atoms with Gasteiger partial charge >= 0.3 is 0 Å². The van der Waals surface area contributed by atoms with E-state index in [1.807, 2.05) is 6.33 Å². The molecule has 0 radical (unpaired) electrons. The Morgan fingerprint density at radius 1 is 1.22 bits per heavy atom. The number of hydrogen-bond donors (Lipinski definition) is 1. The van der Waals surface area contributed by atoms with Crippen LogP contribution in [0.4, 0.5) is 0 Å². The number of nitrogens with one attached hydrogen (secondary N) is 1. The van der Waals surface area contributed by atoms with Crippen molar-refractivity contribution in [2.45, 2.75) is 32.7 Å². The zero-order valence-electron chi connectivity index (χ0n) is 10.8. The van der Waals surface area contributed by atoms with E-state index in [2.05, 4.69) is 52.1 Å². The molecule has 1 atom stereocenters. The average molecular weight is 242 g/mol. The van der Waals surface area contributed by atoms with Crippen LogP contribution in [0.25, 0.3) is 5.69 Å². The summed E-state index contributed by atoms with van der Waals surface area (Å²) in [6.07, 6.45) is 4.16. The van der Waals surface area contributed by atoms with Crippen molar-refractivity contribution in [1.29, 1.82) is 0 Å². The summed E-state index contributed by atoms with van der Waals surface area (Å²) in [5.74, 6) is 1.03. The summed E-state index contributed by atoms with van der Waals surface area (Å²) < 4.78 is 2.10. The molecule has 94 valence electrons. The van der Waals surface area contributed by atoms with Crippen molar-refractivity contribution in [1.82, 2.24) is 20.1 Å². The lowest BCUT2D eigenvalue weighted by Crippen LogP contribution is -2.17. The fourth-order valence-corrected chi connectivity index (χ4v) is 2.68. The molecule has 1 aromatic carbocycles. The summed E-state index contributed by atoms with van der Waals surface area (Å²) >= 11 is 0. The maximum Gasteiger partial charge on any atom is 0.154 e. The van der Waals surface area contributed by atoms with E-state index in [9.17, 15) is 0 Å². The molecule has 18 heavy (non-hydrogen) atoms. The third-order valence-electron chi connectivity index (χ3n) is 3.43. The zero-order chi connectivity index (χ0) is 12.5. The number of nitrogens with zero attached hydrogens (tertiary/aromatic N) is 3. The zero-order valence-corrected chi connectivity index (χ0v) is 10.8. The van der Waals surface area contributed by atoms with Gasteiger partial charge in [-0.25, -0.2) is 0 Å². The van der Waals surface area contributed by atoms with Crippen LogP contribution in [0.3, 0.4) is 0 Å². The highest BCUT2D eigenvalue weighted by Gasteiger charge is 2.22. The average Bonchev–Trinajstić information content (AvgIpc) is 2.98. The topological polar surface area (TPSA) is 42.7 Å². The van der Waals surface area contributed by atoms with Gasteiger partial charge in [-0.05, 0) is 56.5 Å². The maximum atomic E-state index is 4.28. The van der Waals surface area contributed by atoms with Gasteiger partial charge in [0.1, 0.15) is 6.33 Å². The summed E-state index contributed by atoms with van der Waals surface area (Å²) in [4.78, 5) is 0. The Balaban J connectivity index is 2.03. The first-order valence-electron chi connectivity index (χ1n) is 6.46. The van der Waals surface area contributed by atoms with Gasteiger partial charge in [-0.2, -0.15) is 0 Å².